The number of alkyl halides is 3. The highest BCUT2D eigenvalue weighted by Gasteiger charge is 2.26. The normalized spacial score (nSPS) is 15.2. The molecule has 4 heteroatoms. The first kappa shape index (κ1) is 18.0. The average Bonchev–Trinajstić information content (AvgIpc) is 2.37. The Balaban J connectivity index is 2.43. The van der Waals surface area contributed by atoms with Crippen molar-refractivity contribution < 1.29 is 13.2 Å². The maximum absolute atomic E-state index is 12.1. The molecule has 0 fully saturated rings. The number of nitrogens with one attached hydrogen (secondary N) is 1. The van der Waals surface area contributed by atoms with E-state index in [4.69, 9.17) is 0 Å². The molecule has 0 spiro atoms. The molecule has 0 heterocycles. The fourth-order valence-corrected chi connectivity index (χ4v) is 2.38. The van der Waals surface area contributed by atoms with Crippen molar-refractivity contribution in [2.45, 2.75) is 71.1 Å². The van der Waals surface area contributed by atoms with Crippen LogP contribution in [0.2, 0.25) is 0 Å². The maximum atomic E-state index is 12.1. The van der Waals surface area contributed by atoms with E-state index in [1.54, 1.807) is 0 Å². The van der Waals surface area contributed by atoms with Crippen molar-refractivity contribution >= 4 is 0 Å². The lowest BCUT2D eigenvalue weighted by Crippen LogP contribution is -2.29. The van der Waals surface area contributed by atoms with Gasteiger partial charge in [0.05, 0.1) is 0 Å². The van der Waals surface area contributed by atoms with Gasteiger partial charge in [-0.05, 0) is 43.7 Å². The van der Waals surface area contributed by atoms with Crippen molar-refractivity contribution in [1.82, 2.24) is 5.32 Å². The minimum atomic E-state index is -4.04. The zero-order valence-corrected chi connectivity index (χ0v) is 13.3. The van der Waals surface area contributed by atoms with Gasteiger partial charge in [-0.2, -0.15) is 13.2 Å². The van der Waals surface area contributed by atoms with Crippen LogP contribution in [0.3, 0.4) is 0 Å². The zero-order valence-electron chi connectivity index (χ0n) is 13.3. The molecule has 1 N–H and O–H groups in total. The van der Waals surface area contributed by atoms with Crippen LogP contribution in [0.25, 0.3) is 0 Å². The Morgan fingerprint density at radius 3 is 1.95 bits per heavy atom. The first-order chi connectivity index (χ1) is 9.69. The largest absolute Gasteiger partial charge is 0.389 e. The molecule has 2 unspecified atom stereocenters. The van der Waals surface area contributed by atoms with Crippen LogP contribution in [0.4, 0.5) is 13.2 Å². The van der Waals surface area contributed by atoms with Crippen LogP contribution in [-0.2, 0) is 0 Å². The third-order valence-electron chi connectivity index (χ3n) is 3.74. The van der Waals surface area contributed by atoms with Gasteiger partial charge in [0.1, 0.15) is 0 Å². The number of rotatable bonds is 7. The lowest BCUT2D eigenvalue weighted by Gasteiger charge is -2.21. The lowest BCUT2D eigenvalue weighted by atomic mass is 9.99. The average molecular weight is 301 g/mol. The maximum Gasteiger partial charge on any atom is 0.389 e. The molecule has 21 heavy (non-hydrogen) atoms. The van der Waals surface area contributed by atoms with Crippen molar-refractivity contribution in [2.24, 2.45) is 0 Å². The highest BCUT2D eigenvalue weighted by Crippen LogP contribution is 2.23. The molecule has 0 amide bonds. The van der Waals surface area contributed by atoms with E-state index in [2.05, 4.69) is 43.4 Å². The van der Waals surface area contributed by atoms with Crippen LogP contribution in [0.15, 0.2) is 24.3 Å². The Morgan fingerprint density at radius 1 is 0.952 bits per heavy atom. The molecule has 1 aromatic carbocycles. The van der Waals surface area contributed by atoms with Crippen LogP contribution < -0.4 is 5.32 Å². The second-order valence-electron chi connectivity index (χ2n) is 6.12. The fraction of sp³-hybridized carbons (Fsp3) is 0.647. The van der Waals surface area contributed by atoms with Gasteiger partial charge in [0.25, 0.3) is 0 Å². The van der Waals surface area contributed by atoms with E-state index in [1.165, 1.54) is 11.1 Å². The van der Waals surface area contributed by atoms with Gasteiger partial charge in [0, 0.05) is 18.5 Å². The van der Waals surface area contributed by atoms with Crippen LogP contribution in [0.1, 0.15) is 70.0 Å². The Bertz CT molecular complexity index is 409. The van der Waals surface area contributed by atoms with Gasteiger partial charge in [0.2, 0.25) is 0 Å². The molecule has 0 saturated carbocycles. The zero-order chi connectivity index (χ0) is 16.0. The van der Waals surface area contributed by atoms with Crippen molar-refractivity contribution in [3.05, 3.63) is 35.4 Å². The molecule has 0 aromatic heterocycles. The predicted molar refractivity (Wildman–Crippen MR) is 81.4 cm³/mol. The second-order valence-corrected chi connectivity index (χ2v) is 6.12. The number of benzene rings is 1. The molecule has 0 bridgehead atoms. The third-order valence-corrected chi connectivity index (χ3v) is 3.74. The fourth-order valence-electron chi connectivity index (χ4n) is 2.38. The quantitative estimate of drug-likeness (QED) is 0.693. The molecule has 0 aliphatic carbocycles. The summed E-state index contributed by atoms with van der Waals surface area (Å²) in [6.45, 7) is 8.29. The molecular weight excluding hydrogens is 275 g/mol. The van der Waals surface area contributed by atoms with E-state index in [0.717, 1.165) is 0 Å². The molecule has 0 saturated heterocycles. The summed E-state index contributed by atoms with van der Waals surface area (Å²) >= 11 is 0. The van der Waals surface area contributed by atoms with Gasteiger partial charge < -0.3 is 5.32 Å². The number of halogens is 3. The van der Waals surface area contributed by atoms with Crippen molar-refractivity contribution in [1.29, 1.82) is 0 Å². The molecular formula is C17H26F3N. The highest BCUT2D eigenvalue weighted by molar-refractivity contribution is 5.26. The molecule has 2 atom stereocenters. The monoisotopic (exact) mass is 301 g/mol. The Morgan fingerprint density at radius 2 is 1.48 bits per heavy atom. The van der Waals surface area contributed by atoms with E-state index in [0.29, 0.717) is 12.3 Å². The summed E-state index contributed by atoms with van der Waals surface area (Å²) in [4.78, 5) is 0. The van der Waals surface area contributed by atoms with Gasteiger partial charge >= 0.3 is 6.18 Å². The molecule has 120 valence electrons. The summed E-state index contributed by atoms with van der Waals surface area (Å²) in [5.41, 5.74) is 2.46. The predicted octanol–water partition coefficient (Wildman–Crippen LogP) is 5.58. The number of hydrogen-bond acceptors (Lipinski definition) is 1. The van der Waals surface area contributed by atoms with E-state index in [1.807, 2.05) is 13.8 Å². The topological polar surface area (TPSA) is 12.0 Å². The van der Waals surface area contributed by atoms with Crippen LogP contribution >= 0.6 is 0 Å². The molecule has 1 rings (SSSR count). The summed E-state index contributed by atoms with van der Waals surface area (Å²) < 4.78 is 36.3. The van der Waals surface area contributed by atoms with Gasteiger partial charge in [-0.1, -0.05) is 38.1 Å². The standard InChI is InChI=1S/C17H26F3N/c1-12(2)15-7-9-16(10-8-15)14(4)21-13(3)6-5-11-17(18,19)20/h7-10,12-14,21H,5-6,11H2,1-4H3. The van der Waals surface area contributed by atoms with Gasteiger partial charge in [0.15, 0.2) is 0 Å². The first-order valence-corrected chi connectivity index (χ1v) is 7.61. The number of hydrogen-bond donors (Lipinski definition) is 1. The first-order valence-electron chi connectivity index (χ1n) is 7.61. The summed E-state index contributed by atoms with van der Waals surface area (Å²) in [7, 11) is 0. The SMILES string of the molecule is CC(CCCC(F)(F)F)NC(C)c1ccc(C(C)C)cc1. The summed E-state index contributed by atoms with van der Waals surface area (Å²) in [6, 6.07) is 8.64. The Hall–Kier alpha value is -1.03. The van der Waals surface area contributed by atoms with Gasteiger partial charge in [-0.3, -0.25) is 0 Å². The molecule has 1 nitrogen and oxygen atoms in total. The van der Waals surface area contributed by atoms with Crippen LogP contribution in [0.5, 0.6) is 0 Å². The molecule has 1 aromatic rings. The lowest BCUT2D eigenvalue weighted by molar-refractivity contribution is -0.135. The molecule has 0 aliphatic rings. The Kier molecular flexibility index (Phi) is 6.72. The van der Waals surface area contributed by atoms with Gasteiger partial charge in [-0.15, -0.1) is 0 Å². The summed E-state index contributed by atoms with van der Waals surface area (Å²) in [6.07, 6.45) is -4.03. The van der Waals surface area contributed by atoms with Crippen molar-refractivity contribution in [2.75, 3.05) is 0 Å². The summed E-state index contributed by atoms with van der Waals surface area (Å²) in [5, 5.41) is 3.36. The van der Waals surface area contributed by atoms with Crippen LogP contribution in [-0.4, -0.2) is 12.2 Å². The van der Waals surface area contributed by atoms with Crippen molar-refractivity contribution in [3.63, 3.8) is 0 Å². The van der Waals surface area contributed by atoms with E-state index >= 15 is 0 Å². The van der Waals surface area contributed by atoms with E-state index in [9.17, 15) is 13.2 Å². The molecule has 0 radical (unpaired) electrons. The highest BCUT2D eigenvalue weighted by atomic mass is 19.4. The Labute approximate surface area is 125 Å². The molecule has 0 aliphatic heterocycles. The van der Waals surface area contributed by atoms with Crippen molar-refractivity contribution in [3.8, 4) is 0 Å². The van der Waals surface area contributed by atoms with E-state index in [-0.39, 0.29) is 18.5 Å². The van der Waals surface area contributed by atoms with Gasteiger partial charge in [-0.25, -0.2) is 0 Å². The van der Waals surface area contributed by atoms with Crippen LogP contribution in [0, 0.1) is 0 Å². The minimum absolute atomic E-state index is 0.0760. The smallest absolute Gasteiger partial charge is 0.308 e. The summed E-state index contributed by atoms with van der Waals surface area (Å²) in [5.74, 6) is 0.503. The second kappa shape index (κ2) is 7.83. The third kappa shape index (κ3) is 6.98. The minimum Gasteiger partial charge on any atom is -0.308 e. The van der Waals surface area contributed by atoms with E-state index < -0.39 is 12.6 Å².